The van der Waals surface area contributed by atoms with Crippen molar-refractivity contribution >= 4 is 15.9 Å². The SMILES string of the molecule is Cc1ccc(C)c(OCc2nc(-c3cccc(Br)c3)no2)c1. The minimum atomic E-state index is 0.255. The highest BCUT2D eigenvalue weighted by Crippen LogP contribution is 2.22. The molecule has 0 saturated heterocycles. The van der Waals surface area contributed by atoms with Gasteiger partial charge >= 0.3 is 0 Å². The topological polar surface area (TPSA) is 48.2 Å². The predicted molar refractivity (Wildman–Crippen MR) is 87.7 cm³/mol. The van der Waals surface area contributed by atoms with E-state index in [9.17, 15) is 0 Å². The normalized spacial score (nSPS) is 10.7. The molecule has 1 aromatic heterocycles. The van der Waals surface area contributed by atoms with E-state index in [-0.39, 0.29) is 6.61 Å². The van der Waals surface area contributed by atoms with Crippen LogP contribution in [-0.2, 0) is 6.61 Å². The van der Waals surface area contributed by atoms with E-state index in [1.807, 2.05) is 50.2 Å². The lowest BCUT2D eigenvalue weighted by molar-refractivity contribution is 0.241. The highest BCUT2D eigenvalue weighted by Gasteiger charge is 2.10. The molecule has 2 aromatic carbocycles. The highest BCUT2D eigenvalue weighted by molar-refractivity contribution is 9.10. The molecule has 0 bridgehead atoms. The Morgan fingerprint density at radius 3 is 2.82 bits per heavy atom. The Morgan fingerprint density at radius 1 is 1.14 bits per heavy atom. The largest absolute Gasteiger partial charge is 0.483 e. The number of aromatic nitrogens is 2. The molecule has 0 unspecified atom stereocenters. The van der Waals surface area contributed by atoms with E-state index in [0.717, 1.165) is 26.9 Å². The first-order chi connectivity index (χ1) is 10.6. The van der Waals surface area contributed by atoms with Gasteiger partial charge in [-0.05, 0) is 43.2 Å². The maximum atomic E-state index is 5.77. The average Bonchev–Trinajstić information content (AvgIpc) is 2.97. The Labute approximate surface area is 137 Å². The summed E-state index contributed by atoms with van der Waals surface area (Å²) in [7, 11) is 0. The molecule has 112 valence electrons. The van der Waals surface area contributed by atoms with Crippen LogP contribution in [0.3, 0.4) is 0 Å². The van der Waals surface area contributed by atoms with Crippen LogP contribution in [-0.4, -0.2) is 10.1 Å². The summed E-state index contributed by atoms with van der Waals surface area (Å²) in [6.45, 7) is 4.30. The van der Waals surface area contributed by atoms with Crippen LogP contribution in [0, 0.1) is 13.8 Å². The van der Waals surface area contributed by atoms with E-state index < -0.39 is 0 Å². The molecule has 0 amide bonds. The van der Waals surface area contributed by atoms with Crippen molar-refractivity contribution in [3.8, 4) is 17.1 Å². The summed E-state index contributed by atoms with van der Waals surface area (Å²) in [6, 6.07) is 13.9. The fourth-order valence-corrected chi connectivity index (χ4v) is 2.46. The standard InChI is InChI=1S/C17H15BrN2O2/c1-11-6-7-12(2)15(8-11)21-10-16-19-17(20-22-16)13-4-3-5-14(18)9-13/h3-9H,10H2,1-2H3. The van der Waals surface area contributed by atoms with Gasteiger partial charge in [-0.2, -0.15) is 4.98 Å². The molecule has 0 N–H and O–H groups in total. The maximum absolute atomic E-state index is 5.77. The Morgan fingerprint density at radius 2 is 2.00 bits per heavy atom. The van der Waals surface area contributed by atoms with Gasteiger partial charge in [-0.3, -0.25) is 0 Å². The van der Waals surface area contributed by atoms with Gasteiger partial charge in [0.05, 0.1) is 0 Å². The Balaban J connectivity index is 1.73. The van der Waals surface area contributed by atoms with Crippen molar-refractivity contribution in [2.45, 2.75) is 20.5 Å². The van der Waals surface area contributed by atoms with Crippen molar-refractivity contribution in [3.63, 3.8) is 0 Å². The molecule has 0 aliphatic rings. The molecule has 0 saturated carbocycles. The smallest absolute Gasteiger partial charge is 0.264 e. The van der Waals surface area contributed by atoms with Crippen LogP contribution < -0.4 is 4.74 Å². The Hall–Kier alpha value is -2.14. The second-order valence-electron chi connectivity index (χ2n) is 5.08. The Bertz CT molecular complexity index is 799. The van der Waals surface area contributed by atoms with Crippen LogP contribution in [0.25, 0.3) is 11.4 Å². The predicted octanol–water partition coefficient (Wildman–Crippen LogP) is 4.69. The van der Waals surface area contributed by atoms with E-state index in [4.69, 9.17) is 9.26 Å². The summed E-state index contributed by atoms with van der Waals surface area (Å²) in [5.41, 5.74) is 3.13. The van der Waals surface area contributed by atoms with Crippen LogP contribution >= 0.6 is 15.9 Å². The van der Waals surface area contributed by atoms with Crippen molar-refractivity contribution < 1.29 is 9.26 Å². The highest BCUT2D eigenvalue weighted by atomic mass is 79.9. The maximum Gasteiger partial charge on any atom is 0.264 e. The zero-order valence-corrected chi connectivity index (χ0v) is 13.9. The molecule has 5 heteroatoms. The van der Waals surface area contributed by atoms with Crippen LogP contribution in [0.5, 0.6) is 5.75 Å². The molecule has 0 radical (unpaired) electrons. The molecule has 0 atom stereocenters. The number of benzene rings is 2. The zero-order valence-electron chi connectivity index (χ0n) is 12.3. The second-order valence-corrected chi connectivity index (χ2v) is 6.00. The first kappa shape index (κ1) is 14.8. The first-order valence-electron chi connectivity index (χ1n) is 6.90. The van der Waals surface area contributed by atoms with Crippen LogP contribution in [0.2, 0.25) is 0 Å². The number of hydrogen-bond acceptors (Lipinski definition) is 4. The summed E-state index contributed by atoms with van der Waals surface area (Å²) in [4.78, 5) is 4.37. The van der Waals surface area contributed by atoms with Gasteiger partial charge in [0.2, 0.25) is 5.82 Å². The molecule has 0 aliphatic heterocycles. The molecule has 0 aliphatic carbocycles. The third-order valence-corrected chi connectivity index (χ3v) is 3.74. The molecule has 1 heterocycles. The molecule has 4 nitrogen and oxygen atoms in total. The van der Waals surface area contributed by atoms with Gasteiger partial charge < -0.3 is 9.26 Å². The number of hydrogen-bond donors (Lipinski definition) is 0. The van der Waals surface area contributed by atoms with Gasteiger partial charge in [-0.25, -0.2) is 0 Å². The van der Waals surface area contributed by atoms with Crippen molar-refractivity contribution in [2.24, 2.45) is 0 Å². The number of ether oxygens (including phenoxy) is 1. The van der Waals surface area contributed by atoms with Crippen molar-refractivity contribution in [1.82, 2.24) is 10.1 Å². The van der Waals surface area contributed by atoms with E-state index in [2.05, 4.69) is 32.1 Å². The second kappa shape index (κ2) is 6.32. The first-order valence-corrected chi connectivity index (χ1v) is 7.70. The van der Waals surface area contributed by atoms with Gasteiger partial charge in [-0.1, -0.05) is 45.4 Å². The van der Waals surface area contributed by atoms with Crippen molar-refractivity contribution in [3.05, 3.63) is 64.0 Å². The summed E-state index contributed by atoms with van der Waals surface area (Å²) >= 11 is 3.43. The van der Waals surface area contributed by atoms with E-state index in [1.165, 1.54) is 0 Å². The zero-order chi connectivity index (χ0) is 15.5. The van der Waals surface area contributed by atoms with E-state index in [0.29, 0.717) is 11.7 Å². The minimum Gasteiger partial charge on any atom is -0.483 e. The van der Waals surface area contributed by atoms with Gasteiger partial charge in [0.15, 0.2) is 6.61 Å². The fraction of sp³-hybridized carbons (Fsp3) is 0.176. The summed E-state index contributed by atoms with van der Waals surface area (Å²) in [5, 5.41) is 3.99. The van der Waals surface area contributed by atoms with E-state index >= 15 is 0 Å². The number of nitrogens with zero attached hydrogens (tertiary/aromatic N) is 2. The number of halogens is 1. The third kappa shape index (κ3) is 3.36. The molecule has 22 heavy (non-hydrogen) atoms. The van der Waals surface area contributed by atoms with Crippen LogP contribution in [0.1, 0.15) is 17.0 Å². The van der Waals surface area contributed by atoms with Crippen molar-refractivity contribution in [2.75, 3.05) is 0 Å². The van der Waals surface area contributed by atoms with Gasteiger partial charge in [-0.15, -0.1) is 0 Å². The summed E-state index contributed by atoms with van der Waals surface area (Å²) in [5.74, 6) is 1.85. The molecular weight excluding hydrogens is 344 g/mol. The quantitative estimate of drug-likeness (QED) is 0.678. The summed E-state index contributed by atoms with van der Waals surface area (Å²) in [6.07, 6.45) is 0. The molecule has 0 spiro atoms. The Kier molecular flexibility index (Phi) is 4.24. The summed E-state index contributed by atoms with van der Waals surface area (Å²) < 4.78 is 12.0. The molecule has 3 rings (SSSR count). The third-order valence-electron chi connectivity index (χ3n) is 3.25. The average molecular weight is 359 g/mol. The lowest BCUT2D eigenvalue weighted by atomic mass is 10.1. The number of aryl methyl sites for hydroxylation is 2. The lowest BCUT2D eigenvalue weighted by Crippen LogP contribution is -1.97. The molecular formula is C17H15BrN2O2. The van der Waals surface area contributed by atoms with Crippen molar-refractivity contribution in [1.29, 1.82) is 0 Å². The fourth-order valence-electron chi connectivity index (χ4n) is 2.06. The minimum absolute atomic E-state index is 0.255. The number of rotatable bonds is 4. The van der Waals surface area contributed by atoms with Gasteiger partial charge in [0.1, 0.15) is 5.75 Å². The molecule has 3 aromatic rings. The van der Waals surface area contributed by atoms with E-state index in [1.54, 1.807) is 0 Å². The molecule has 0 fully saturated rings. The van der Waals surface area contributed by atoms with Gasteiger partial charge in [0.25, 0.3) is 5.89 Å². The van der Waals surface area contributed by atoms with Crippen LogP contribution in [0.4, 0.5) is 0 Å². The monoisotopic (exact) mass is 358 g/mol. The lowest BCUT2D eigenvalue weighted by Gasteiger charge is -2.07. The van der Waals surface area contributed by atoms with Gasteiger partial charge in [0, 0.05) is 10.0 Å². The van der Waals surface area contributed by atoms with Crippen LogP contribution in [0.15, 0.2) is 51.5 Å².